The van der Waals surface area contributed by atoms with Crippen LogP contribution in [0.25, 0.3) is 5.82 Å². The van der Waals surface area contributed by atoms with E-state index in [1.54, 1.807) is 24.3 Å². The van der Waals surface area contributed by atoms with Crippen LogP contribution >= 0.6 is 11.8 Å². The van der Waals surface area contributed by atoms with Crippen molar-refractivity contribution in [3.63, 3.8) is 0 Å². The number of carbonyl (C=O) groups is 2. The zero-order valence-electron chi connectivity index (χ0n) is 17.1. The van der Waals surface area contributed by atoms with Crippen molar-refractivity contribution in [2.45, 2.75) is 18.0 Å². The molecule has 3 aromatic rings. The van der Waals surface area contributed by atoms with Crippen LogP contribution in [0.4, 0.5) is 18.9 Å². The van der Waals surface area contributed by atoms with E-state index in [2.05, 4.69) is 15.4 Å². The first-order valence-electron chi connectivity index (χ1n) is 9.34. The van der Waals surface area contributed by atoms with Gasteiger partial charge in [-0.3, -0.25) is 4.79 Å². The Morgan fingerprint density at radius 1 is 1.21 bits per heavy atom. The van der Waals surface area contributed by atoms with Crippen molar-refractivity contribution in [1.82, 2.24) is 14.8 Å². The predicted molar refractivity (Wildman–Crippen MR) is 113 cm³/mol. The summed E-state index contributed by atoms with van der Waals surface area (Å²) in [5.41, 5.74) is -0.106. The number of halogens is 3. The third kappa shape index (κ3) is 5.89. The fraction of sp³-hybridized carbons (Fsp3) is 0.190. The molecule has 0 fully saturated rings. The number of rotatable bonds is 7. The van der Waals surface area contributed by atoms with E-state index < -0.39 is 30.2 Å². The van der Waals surface area contributed by atoms with Gasteiger partial charge in [0.1, 0.15) is 5.56 Å². The van der Waals surface area contributed by atoms with Gasteiger partial charge in [0.05, 0.1) is 35.0 Å². The molecule has 170 valence electrons. The standard InChI is InChI=1S/C21H16F3N5O3S/c1-13-15(11-27-29(13)18-7-6-14(10-26-18)21(22,23)24)20(31)32-12-19(30)28-16-4-2-3-5-17(16)33-9-8-25/h2-7,10-11H,9,12H2,1H3,(H,28,30). The molecule has 1 aromatic carbocycles. The number of carbonyl (C=O) groups excluding carboxylic acids is 2. The van der Waals surface area contributed by atoms with Gasteiger partial charge in [-0.25, -0.2) is 14.5 Å². The number of anilines is 1. The number of benzene rings is 1. The number of pyridine rings is 1. The van der Waals surface area contributed by atoms with Gasteiger partial charge in [0.15, 0.2) is 12.4 Å². The van der Waals surface area contributed by atoms with E-state index in [-0.39, 0.29) is 22.8 Å². The second-order valence-corrected chi connectivity index (χ2v) is 7.54. The summed E-state index contributed by atoms with van der Waals surface area (Å²) in [6.07, 6.45) is -2.66. The van der Waals surface area contributed by atoms with E-state index in [1.807, 2.05) is 6.07 Å². The average molecular weight is 475 g/mol. The number of alkyl halides is 3. The number of nitrogens with one attached hydrogen (secondary N) is 1. The quantitative estimate of drug-likeness (QED) is 0.406. The Morgan fingerprint density at radius 3 is 2.64 bits per heavy atom. The van der Waals surface area contributed by atoms with Crippen LogP contribution in [0.5, 0.6) is 0 Å². The molecule has 0 saturated heterocycles. The Morgan fingerprint density at radius 2 is 1.97 bits per heavy atom. The molecule has 0 bridgehead atoms. The highest BCUT2D eigenvalue weighted by Crippen LogP contribution is 2.29. The molecule has 0 atom stereocenters. The highest BCUT2D eigenvalue weighted by atomic mass is 32.2. The van der Waals surface area contributed by atoms with Gasteiger partial charge in [-0.15, -0.1) is 11.8 Å². The van der Waals surface area contributed by atoms with Gasteiger partial charge in [-0.2, -0.15) is 23.5 Å². The maximum Gasteiger partial charge on any atom is 0.417 e. The molecule has 0 aliphatic rings. The van der Waals surface area contributed by atoms with Crippen molar-refractivity contribution >= 4 is 29.3 Å². The molecule has 1 N–H and O–H groups in total. The van der Waals surface area contributed by atoms with E-state index >= 15 is 0 Å². The van der Waals surface area contributed by atoms with E-state index in [4.69, 9.17) is 10.00 Å². The second-order valence-electron chi connectivity index (χ2n) is 6.53. The molecule has 2 aromatic heterocycles. The highest BCUT2D eigenvalue weighted by Gasteiger charge is 2.31. The van der Waals surface area contributed by atoms with Crippen molar-refractivity contribution < 1.29 is 27.5 Å². The van der Waals surface area contributed by atoms with Crippen molar-refractivity contribution in [3.8, 4) is 11.9 Å². The number of ether oxygens (including phenoxy) is 1. The molecular weight excluding hydrogens is 459 g/mol. The summed E-state index contributed by atoms with van der Waals surface area (Å²) in [6, 6.07) is 10.9. The first-order valence-corrected chi connectivity index (χ1v) is 10.3. The van der Waals surface area contributed by atoms with Crippen LogP contribution in [0.15, 0.2) is 53.7 Å². The number of hydrogen-bond acceptors (Lipinski definition) is 7. The smallest absolute Gasteiger partial charge is 0.417 e. The lowest BCUT2D eigenvalue weighted by Gasteiger charge is -2.10. The molecule has 0 spiro atoms. The molecule has 1 amide bonds. The Labute approximate surface area is 190 Å². The number of para-hydroxylation sites is 1. The third-order valence-corrected chi connectivity index (χ3v) is 5.25. The Bertz CT molecular complexity index is 1200. The Hall–Kier alpha value is -3.85. The normalized spacial score (nSPS) is 11.0. The predicted octanol–water partition coefficient (Wildman–Crippen LogP) is 4.01. The van der Waals surface area contributed by atoms with E-state index in [0.717, 1.165) is 12.1 Å². The molecule has 0 unspecified atom stereocenters. The lowest BCUT2D eigenvalue weighted by atomic mass is 10.2. The van der Waals surface area contributed by atoms with Gasteiger partial charge >= 0.3 is 12.1 Å². The highest BCUT2D eigenvalue weighted by molar-refractivity contribution is 7.99. The minimum absolute atomic E-state index is 0.0365. The molecule has 2 heterocycles. The SMILES string of the molecule is Cc1c(C(=O)OCC(=O)Nc2ccccc2SCC#N)cnn1-c1ccc(C(F)(F)F)cn1. The van der Waals surface area contributed by atoms with Crippen molar-refractivity contribution in [2.24, 2.45) is 0 Å². The zero-order valence-corrected chi connectivity index (χ0v) is 17.9. The first-order chi connectivity index (χ1) is 15.7. The Balaban J connectivity index is 1.63. The fourth-order valence-corrected chi connectivity index (χ4v) is 3.39. The molecule has 0 radical (unpaired) electrons. The lowest BCUT2D eigenvalue weighted by molar-refractivity contribution is -0.137. The minimum Gasteiger partial charge on any atom is -0.452 e. The van der Waals surface area contributed by atoms with Gasteiger partial charge in [-0.05, 0) is 31.2 Å². The summed E-state index contributed by atoms with van der Waals surface area (Å²) in [6.45, 7) is 0.949. The number of esters is 1. The minimum atomic E-state index is -4.52. The van der Waals surface area contributed by atoms with E-state index in [1.165, 1.54) is 29.6 Å². The molecule has 3 rings (SSSR count). The van der Waals surface area contributed by atoms with E-state index in [9.17, 15) is 22.8 Å². The molecule has 0 aliphatic carbocycles. The van der Waals surface area contributed by atoms with Crippen molar-refractivity contribution in [2.75, 3.05) is 17.7 Å². The maximum absolute atomic E-state index is 12.7. The molecule has 12 heteroatoms. The van der Waals surface area contributed by atoms with Crippen LogP contribution in [-0.2, 0) is 15.7 Å². The molecule has 0 saturated carbocycles. The van der Waals surface area contributed by atoms with Crippen LogP contribution in [0.1, 0.15) is 21.6 Å². The van der Waals surface area contributed by atoms with Crippen LogP contribution in [-0.4, -0.2) is 39.0 Å². The summed E-state index contributed by atoms with van der Waals surface area (Å²) in [7, 11) is 0. The fourth-order valence-electron chi connectivity index (χ4n) is 2.72. The summed E-state index contributed by atoms with van der Waals surface area (Å²) in [5.74, 6) is -1.11. The summed E-state index contributed by atoms with van der Waals surface area (Å²) < 4.78 is 44.4. The summed E-state index contributed by atoms with van der Waals surface area (Å²) in [4.78, 5) is 29.0. The number of nitriles is 1. The number of amides is 1. The Kier molecular flexibility index (Phi) is 7.34. The van der Waals surface area contributed by atoms with Crippen LogP contribution in [0.2, 0.25) is 0 Å². The van der Waals surface area contributed by atoms with Crippen LogP contribution < -0.4 is 5.32 Å². The molecule has 33 heavy (non-hydrogen) atoms. The second kappa shape index (κ2) is 10.2. The molecule has 0 aliphatic heterocycles. The number of thioether (sulfide) groups is 1. The largest absolute Gasteiger partial charge is 0.452 e. The van der Waals surface area contributed by atoms with Crippen molar-refractivity contribution in [3.05, 3.63) is 65.6 Å². The summed E-state index contributed by atoms with van der Waals surface area (Å²) >= 11 is 1.25. The zero-order chi connectivity index (χ0) is 24.0. The van der Waals surface area contributed by atoms with Gasteiger partial charge in [0, 0.05) is 11.1 Å². The third-order valence-electron chi connectivity index (χ3n) is 4.31. The van der Waals surface area contributed by atoms with Gasteiger partial charge in [-0.1, -0.05) is 12.1 Å². The molecular formula is C21H16F3N5O3S. The van der Waals surface area contributed by atoms with Crippen LogP contribution in [0, 0.1) is 18.3 Å². The van der Waals surface area contributed by atoms with Crippen molar-refractivity contribution in [1.29, 1.82) is 5.26 Å². The monoisotopic (exact) mass is 475 g/mol. The van der Waals surface area contributed by atoms with Gasteiger partial charge < -0.3 is 10.1 Å². The lowest BCUT2D eigenvalue weighted by Crippen LogP contribution is -2.21. The number of nitrogens with zero attached hydrogens (tertiary/aromatic N) is 4. The average Bonchev–Trinajstić information content (AvgIpc) is 3.17. The van der Waals surface area contributed by atoms with E-state index in [0.29, 0.717) is 16.8 Å². The molecule has 8 nitrogen and oxygen atoms in total. The summed E-state index contributed by atoms with van der Waals surface area (Å²) in [5, 5.41) is 15.3. The maximum atomic E-state index is 12.7. The van der Waals surface area contributed by atoms with Gasteiger partial charge in [0.25, 0.3) is 5.91 Å². The number of hydrogen-bond donors (Lipinski definition) is 1. The van der Waals surface area contributed by atoms with Crippen LogP contribution in [0.3, 0.4) is 0 Å². The number of aromatic nitrogens is 3. The topological polar surface area (TPSA) is 110 Å². The van der Waals surface area contributed by atoms with Gasteiger partial charge in [0.2, 0.25) is 0 Å². The first kappa shape index (κ1) is 23.8.